The molecule has 0 amide bonds. The van der Waals surface area contributed by atoms with Crippen LogP contribution in [0.25, 0.3) is 0 Å². The van der Waals surface area contributed by atoms with Gasteiger partial charge in [-0.3, -0.25) is 11.3 Å². The number of hydrogen-bond acceptors (Lipinski definition) is 3. The Hall–Kier alpha value is -1.06. The van der Waals surface area contributed by atoms with Gasteiger partial charge in [0.05, 0.1) is 13.2 Å². The van der Waals surface area contributed by atoms with Gasteiger partial charge in [-0.15, -0.1) is 0 Å². The van der Waals surface area contributed by atoms with E-state index in [4.69, 9.17) is 10.6 Å². The molecule has 0 saturated heterocycles. The molecule has 0 spiro atoms. The Balaban J connectivity index is 2.40. The Bertz CT molecular complexity index is 454. The van der Waals surface area contributed by atoms with Gasteiger partial charge < -0.3 is 4.74 Å². The summed E-state index contributed by atoms with van der Waals surface area (Å²) in [6.07, 6.45) is 1.21. The minimum atomic E-state index is 0.175. The maximum Gasteiger partial charge on any atom is 0.126 e. The molecule has 0 radical (unpaired) electrons. The van der Waals surface area contributed by atoms with Crippen LogP contribution in [0.4, 0.5) is 0 Å². The molecule has 0 heterocycles. The summed E-state index contributed by atoms with van der Waals surface area (Å²) in [7, 11) is 1.73. The predicted octanol–water partition coefficient (Wildman–Crippen LogP) is 2.86. The van der Waals surface area contributed by atoms with Gasteiger partial charge in [-0.25, -0.2) is 0 Å². The van der Waals surface area contributed by atoms with Gasteiger partial charge in [0.15, 0.2) is 0 Å². The number of hydrogen-bond donors (Lipinski definition) is 2. The number of benzene rings is 1. The van der Waals surface area contributed by atoms with Crippen LogP contribution in [0.3, 0.4) is 0 Å². The van der Waals surface area contributed by atoms with Crippen LogP contribution in [0.2, 0.25) is 0 Å². The van der Waals surface area contributed by atoms with Gasteiger partial charge in [-0.2, -0.15) is 0 Å². The summed E-state index contributed by atoms with van der Waals surface area (Å²) in [4.78, 5) is 0. The molecule has 0 bridgehead atoms. The van der Waals surface area contributed by atoms with Crippen molar-refractivity contribution in [1.29, 1.82) is 0 Å². The number of aryl methyl sites for hydroxylation is 1. The van der Waals surface area contributed by atoms with E-state index in [1.807, 2.05) is 0 Å². The Kier molecular flexibility index (Phi) is 3.39. The second kappa shape index (κ2) is 4.56. The van der Waals surface area contributed by atoms with Crippen LogP contribution in [0.5, 0.6) is 5.75 Å². The molecule has 1 aliphatic carbocycles. The van der Waals surface area contributed by atoms with Crippen LogP contribution < -0.4 is 16.0 Å². The molecule has 0 aromatic heterocycles. The summed E-state index contributed by atoms with van der Waals surface area (Å²) in [5, 5.41) is 0. The lowest BCUT2D eigenvalue weighted by atomic mass is 9.93. The van der Waals surface area contributed by atoms with Crippen molar-refractivity contribution in [1.82, 2.24) is 5.43 Å². The lowest BCUT2D eigenvalue weighted by Gasteiger charge is -2.22. The van der Waals surface area contributed by atoms with Crippen molar-refractivity contribution in [3.63, 3.8) is 0 Å². The molecule has 1 saturated carbocycles. The molecule has 2 unspecified atom stereocenters. The zero-order valence-corrected chi connectivity index (χ0v) is 12.0. The molecule has 2 rings (SSSR count). The summed E-state index contributed by atoms with van der Waals surface area (Å²) in [6, 6.07) is 4.46. The lowest BCUT2D eigenvalue weighted by molar-refractivity contribution is 0.375. The summed E-state index contributed by atoms with van der Waals surface area (Å²) in [5.41, 5.74) is 6.99. The Morgan fingerprint density at radius 2 is 2.00 bits per heavy atom. The zero-order valence-electron chi connectivity index (χ0n) is 12.0. The molecule has 3 nitrogen and oxygen atoms in total. The van der Waals surface area contributed by atoms with E-state index < -0.39 is 0 Å². The number of rotatable bonds is 4. The van der Waals surface area contributed by atoms with Crippen LogP contribution in [0.15, 0.2) is 12.1 Å². The SMILES string of the molecule is COc1c(C(NN)C2CC2(C)C)ccc(C)c1C. The van der Waals surface area contributed by atoms with E-state index >= 15 is 0 Å². The number of nitrogens with one attached hydrogen (secondary N) is 1. The van der Waals surface area contributed by atoms with Gasteiger partial charge >= 0.3 is 0 Å². The second-order valence-electron chi connectivity index (χ2n) is 6.07. The molecule has 3 N–H and O–H groups in total. The van der Waals surface area contributed by atoms with Gasteiger partial charge in [-0.1, -0.05) is 26.0 Å². The fourth-order valence-electron chi connectivity index (χ4n) is 2.83. The van der Waals surface area contributed by atoms with Crippen LogP contribution >= 0.6 is 0 Å². The van der Waals surface area contributed by atoms with Gasteiger partial charge in [0, 0.05) is 5.56 Å². The highest BCUT2D eigenvalue weighted by molar-refractivity contribution is 5.47. The van der Waals surface area contributed by atoms with Crippen molar-refractivity contribution >= 4 is 0 Å². The first-order chi connectivity index (χ1) is 8.42. The lowest BCUT2D eigenvalue weighted by Crippen LogP contribution is -2.31. The zero-order chi connectivity index (χ0) is 13.5. The van der Waals surface area contributed by atoms with Crippen LogP contribution in [0, 0.1) is 25.2 Å². The topological polar surface area (TPSA) is 47.3 Å². The molecule has 1 aromatic rings. The summed E-state index contributed by atoms with van der Waals surface area (Å²) >= 11 is 0. The van der Waals surface area contributed by atoms with Crippen molar-refractivity contribution in [2.24, 2.45) is 17.2 Å². The Morgan fingerprint density at radius 3 is 2.44 bits per heavy atom. The van der Waals surface area contributed by atoms with Gasteiger partial charge in [0.25, 0.3) is 0 Å². The van der Waals surface area contributed by atoms with E-state index in [1.54, 1.807) is 7.11 Å². The number of hydrazine groups is 1. The summed E-state index contributed by atoms with van der Waals surface area (Å²) in [6.45, 7) is 8.78. The molecule has 0 aliphatic heterocycles. The number of ether oxygens (including phenoxy) is 1. The first-order valence-corrected chi connectivity index (χ1v) is 6.52. The van der Waals surface area contributed by atoms with E-state index in [-0.39, 0.29) is 6.04 Å². The molecule has 18 heavy (non-hydrogen) atoms. The van der Waals surface area contributed by atoms with Crippen molar-refractivity contribution in [2.45, 2.75) is 40.2 Å². The molecular formula is C15H24N2O. The second-order valence-corrected chi connectivity index (χ2v) is 6.07. The molecule has 2 atom stereocenters. The first-order valence-electron chi connectivity index (χ1n) is 6.52. The molecular weight excluding hydrogens is 224 g/mol. The Labute approximate surface area is 110 Å². The number of nitrogens with two attached hydrogens (primary N) is 1. The number of methoxy groups -OCH3 is 1. The average molecular weight is 248 g/mol. The van der Waals surface area contributed by atoms with Crippen molar-refractivity contribution in [3.05, 3.63) is 28.8 Å². The average Bonchev–Trinajstić information content (AvgIpc) is 2.94. The standard InChI is InChI=1S/C15H24N2O/c1-9-6-7-11(14(18-5)10(9)2)13(17-16)12-8-15(12,3)4/h6-7,12-13,17H,8,16H2,1-5H3. The van der Waals surface area contributed by atoms with Crippen LogP contribution in [0.1, 0.15) is 43.0 Å². The van der Waals surface area contributed by atoms with E-state index in [1.165, 1.54) is 23.1 Å². The highest BCUT2D eigenvalue weighted by Crippen LogP contribution is 2.58. The Morgan fingerprint density at radius 1 is 1.39 bits per heavy atom. The van der Waals surface area contributed by atoms with Crippen LogP contribution in [-0.2, 0) is 0 Å². The van der Waals surface area contributed by atoms with E-state index in [0.29, 0.717) is 11.3 Å². The molecule has 3 heteroatoms. The van der Waals surface area contributed by atoms with E-state index in [0.717, 1.165) is 5.75 Å². The first kappa shape index (κ1) is 13.4. The predicted molar refractivity (Wildman–Crippen MR) is 74.4 cm³/mol. The van der Waals surface area contributed by atoms with Gasteiger partial charge in [-0.05, 0) is 42.7 Å². The molecule has 1 fully saturated rings. The van der Waals surface area contributed by atoms with Crippen LogP contribution in [-0.4, -0.2) is 7.11 Å². The van der Waals surface area contributed by atoms with Gasteiger partial charge in [0.2, 0.25) is 0 Å². The summed E-state index contributed by atoms with van der Waals surface area (Å²) < 4.78 is 5.59. The van der Waals surface area contributed by atoms with Gasteiger partial charge in [0.1, 0.15) is 5.75 Å². The third-order valence-electron chi connectivity index (χ3n) is 4.42. The molecule has 1 aliphatic rings. The fourth-order valence-corrected chi connectivity index (χ4v) is 2.83. The fraction of sp³-hybridized carbons (Fsp3) is 0.600. The minimum absolute atomic E-state index is 0.175. The maximum atomic E-state index is 5.77. The van der Waals surface area contributed by atoms with Crippen molar-refractivity contribution in [3.8, 4) is 5.75 Å². The molecule has 100 valence electrons. The van der Waals surface area contributed by atoms with E-state index in [9.17, 15) is 0 Å². The third-order valence-corrected chi connectivity index (χ3v) is 4.42. The third kappa shape index (κ3) is 2.13. The quantitative estimate of drug-likeness (QED) is 0.636. The largest absolute Gasteiger partial charge is 0.496 e. The summed E-state index contributed by atoms with van der Waals surface area (Å²) in [5.74, 6) is 7.33. The monoisotopic (exact) mass is 248 g/mol. The smallest absolute Gasteiger partial charge is 0.126 e. The normalized spacial score (nSPS) is 22.7. The van der Waals surface area contributed by atoms with E-state index in [2.05, 4.69) is 45.3 Å². The molecule has 1 aromatic carbocycles. The maximum absolute atomic E-state index is 5.77. The highest BCUT2D eigenvalue weighted by Gasteiger charge is 2.50. The van der Waals surface area contributed by atoms with Crippen molar-refractivity contribution in [2.75, 3.05) is 7.11 Å². The highest BCUT2D eigenvalue weighted by atomic mass is 16.5. The van der Waals surface area contributed by atoms with Crippen molar-refractivity contribution < 1.29 is 4.74 Å². The minimum Gasteiger partial charge on any atom is -0.496 e.